The van der Waals surface area contributed by atoms with E-state index < -0.39 is 5.97 Å². The number of aromatic nitrogens is 2. The van der Waals surface area contributed by atoms with Crippen molar-refractivity contribution in [2.24, 2.45) is 0 Å². The monoisotopic (exact) mass is 238 g/mol. The maximum Gasteiger partial charge on any atom is 0.345 e. The molecule has 0 bridgehead atoms. The van der Waals surface area contributed by atoms with Crippen LogP contribution in [-0.2, 0) is 0 Å². The second kappa shape index (κ2) is 4.33. The lowest BCUT2D eigenvalue weighted by atomic mass is 10.2. The molecule has 88 valence electrons. The number of esters is 1. The number of hydrogen-bond donors (Lipinski definition) is 1. The first-order valence-electron chi connectivity index (χ1n) is 5.55. The van der Waals surface area contributed by atoms with E-state index in [0.717, 1.165) is 11.0 Å². The molecule has 1 N–H and O–H groups in total. The van der Waals surface area contributed by atoms with Gasteiger partial charge in [-0.3, -0.25) is 0 Å². The van der Waals surface area contributed by atoms with E-state index in [1.807, 2.05) is 30.3 Å². The summed E-state index contributed by atoms with van der Waals surface area (Å²) in [6.07, 6.45) is 0. The number of fused-ring (bicyclic) bond motifs is 1. The van der Waals surface area contributed by atoms with E-state index in [-0.39, 0.29) is 6.01 Å². The predicted molar refractivity (Wildman–Crippen MR) is 67.5 cm³/mol. The third-order valence-electron chi connectivity index (χ3n) is 2.57. The number of carbonyl (C=O) groups excluding carboxylic acids is 1. The molecule has 4 nitrogen and oxygen atoms in total. The molecule has 0 amide bonds. The van der Waals surface area contributed by atoms with Crippen LogP contribution in [0.4, 0.5) is 0 Å². The SMILES string of the molecule is O=C(Oc1nc2ccccc2[nH]1)c1ccccc1. The summed E-state index contributed by atoms with van der Waals surface area (Å²) in [7, 11) is 0. The van der Waals surface area contributed by atoms with Crippen molar-refractivity contribution in [3.63, 3.8) is 0 Å². The Kier molecular flexibility index (Phi) is 2.53. The van der Waals surface area contributed by atoms with E-state index >= 15 is 0 Å². The van der Waals surface area contributed by atoms with Gasteiger partial charge in [0.1, 0.15) is 0 Å². The lowest BCUT2D eigenvalue weighted by Crippen LogP contribution is -2.08. The van der Waals surface area contributed by atoms with Crippen molar-refractivity contribution in [2.75, 3.05) is 0 Å². The molecule has 0 radical (unpaired) electrons. The predicted octanol–water partition coefficient (Wildman–Crippen LogP) is 2.78. The average Bonchev–Trinajstić information content (AvgIpc) is 2.82. The van der Waals surface area contributed by atoms with Crippen molar-refractivity contribution in [2.45, 2.75) is 0 Å². The number of hydrogen-bond acceptors (Lipinski definition) is 3. The largest absolute Gasteiger partial charge is 0.388 e. The third-order valence-corrected chi connectivity index (χ3v) is 2.57. The number of nitrogens with zero attached hydrogens (tertiary/aromatic N) is 1. The molecule has 0 fully saturated rings. The van der Waals surface area contributed by atoms with Gasteiger partial charge in [-0.25, -0.2) is 4.79 Å². The molecule has 3 rings (SSSR count). The molecule has 0 aliphatic carbocycles. The summed E-state index contributed by atoms with van der Waals surface area (Å²) in [6, 6.07) is 16.5. The Balaban J connectivity index is 1.86. The zero-order valence-electron chi connectivity index (χ0n) is 9.46. The number of aromatic amines is 1. The molecular weight excluding hydrogens is 228 g/mol. The number of ether oxygens (including phenoxy) is 1. The standard InChI is InChI=1S/C14H10N2O2/c17-13(10-6-2-1-3-7-10)18-14-15-11-8-4-5-9-12(11)16-14/h1-9H,(H,15,16). The summed E-state index contributed by atoms with van der Waals surface area (Å²) in [6.45, 7) is 0. The van der Waals surface area contributed by atoms with Crippen molar-refractivity contribution in [1.29, 1.82) is 0 Å². The molecule has 0 atom stereocenters. The van der Waals surface area contributed by atoms with Crippen LogP contribution in [0.3, 0.4) is 0 Å². The molecule has 1 heterocycles. The van der Waals surface area contributed by atoms with Crippen LogP contribution in [0.15, 0.2) is 54.6 Å². The normalized spacial score (nSPS) is 10.4. The first-order chi connectivity index (χ1) is 8.83. The highest BCUT2D eigenvalue weighted by Gasteiger charge is 2.10. The molecule has 3 aromatic rings. The maximum absolute atomic E-state index is 11.8. The number of benzene rings is 2. The van der Waals surface area contributed by atoms with Crippen LogP contribution in [0, 0.1) is 0 Å². The zero-order chi connectivity index (χ0) is 12.4. The number of para-hydroxylation sites is 2. The molecule has 0 saturated heterocycles. The summed E-state index contributed by atoms with van der Waals surface area (Å²) in [5.74, 6) is -0.422. The van der Waals surface area contributed by atoms with E-state index in [1.54, 1.807) is 24.3 Å². The summed E-state index contributed by atoms with van der Waals surface area (Å²) in [4.78, 5) is 18.9. The number of imidazole rings is 1. The first-order valence-corrected chi connectivity index (χ1v) is 5.55. The van der Waals surface area contributed by atoms with E-state index in [1.165, 1.54) is 0 Å². The number of carbonyl (C=O) groups is 1. The lowest BCUT2D eigenvalue weighted by molar-refractivity contribution is 0.0721. The minimum absolute atomic E-state index is 0.213. The average molecular weight is 238 g/mol. The minimum Gasteiger partial charge on any atom is -0.388 e. The maximum atomic E-state index is 11.8. The Morgan fingerprint density at radius 2 is 1.72 bits per heavy atom. The summed E-state index contributed by atoms with van der Waals surface area (Å²) in [5.41, 5.74) is 2.11. The number of nitrogens with one attached hydrogen (secondary N) is 1. The van der Waals surface area contributed by atoms with Crippen molar-refractivity contribution in [1.82, 2.24) is 9.97 Å². The fraction of sp³-hybridized carbons (Fsp3) is 0. The van der Waals surface area contributed by atoms with Crippen LogP contribution in [0.2, 0.25) is 0 Å². The molecule has 18 heavy (non-hydrogen) atoms. The van der Waals surface area contributed by atoms with Crippen molar-refractivity contribution < 1.29 is 9.53 Å². The first kappa shape index (κ1) is 10.5. The van der Waals surface area contributed by atoms with Crippen LogP contribution in [0.25, 0.3) is 11.0 Å². The van der Waals surface area contributed by atoms with Crippen LogP contribution in [0.5, 0.6) is 6.01 Å². The second-order valence-electron chi connectivity index (χ2n) is 3.81. The van der Waals surface area contributed by atoms with Gasteiger partial charge in [0.2, 0.25) is 0 Å². The summed E-state index contributed by atoms with van der Waals surface area (Å²) >= 11 is 0. The topological polar surface area (TPSA) is 55.0 Å². The lowest BCUT2D eigenvalue weighted by Gasteiger charge is -1.99. The van der Waals surface area contributed by atoms with Gasteiger partial charge in [-0.15, -0.1) is 0 Å². The summed E-state index contributed by atoms with van der Waals surface area (Å²) < 4.78 is 5.18. The zero-order valence-corrected chi connectivity index (χ0v) is 9.46. The molecule has 0 saturated carbocycles. The van der Waals surface area contributed by atoms with Crippen molar-refractivity contribution >= 4 is 17.0 Å². The van der Waals surface area contributed by atoms with Gasteiger partial charge in [0, 0.05) is 0 Å². The Hall–Kier alpha value is -2.62. The molecule has 2 aromatic carbocycles. The Morgan fingerprint density at radius 3 is 2.50 bits per heavy atom. The smallest absolute Gasteiger partial charge is 0.345 e. The Bertz CT molecular complexity index is 656. The van der Waals surface area contributed by atoms with Gasteiger partial charge in [-0.1, -0.05) is 30.3 Å². The second-order valence-corrected chi connectivity index (χ2v) is 3.81. The van der Waals surface area contributed by atoms with Crippen LogP contribution >= 0.6 is 0 Å². The fourth-order valence-corrected chi connectivity index (χ4v) is 1.70. The van der Waals surface area contributed by atoms with Gasteiger partial charge >= 0.3 is 12.0 Å². The van der Waals surface area contributed by atoms with Gasteiger partial charge in [-0.05, 0) is 24.3 Å². The molecular formula is C14H10N2O2. The minimum atomic E-state index is -0.422. The van der Waals surface area contributed by atoms with E-state index in [9.17, 15) is 4.79 Å². The Morgan fingerprint density at radius 1 is 1.00 bits per heavy atom. The van der Waals surface area contributed by atoms with Gasteiger partial charge in [0.15, 0.2) is 0 Å². The van der Waals surface area contributed by atoms with Gasteiger partial charge in [0.05, 0.1) is 16.6 Å². The van der Waals surface area contributed by atoms with Crippen LogP contribution < -0.4 is 4.74 Å². The molecule has 0 aliphatic heterocycles. The van der Waals surface area contributed by atoms with Crippen LogP contribution in [0.1, 0.15) is 10.4 Å². The molecule has 0 unspecified atom stereocenters. The molecule has 0 aliphatic rings. The number of rotatable bonds is 2. The van der Waals surface area contributed by atoms with Crippen LogP contribution in [-0.4, -0.2) is 15.9 Å². The highest BCUT2D eigenvalue weighted by atomic mass is 16.5. The van der Waals surface area contributed by atoms with E-state index in [2.05, 4.69) is 9.97 Å². The van der Waals surface area contributed by atoms with Gasteiger partial charge in [-0.2, -0.15) is 4.98 Å². The fourth-order valence-electron chi connectivity index (χ4n) is 1.70. The third kappa shape index (κ3) is 1.96. The van der Waals surface area contributed by atoms with Gasteiger partial charge < -0.3 is 9.72 Å². The van der Waals surface area contributed by atoms with Crippen molar-refractivity contribution in [3.8, 4) is 6.01 Å². The Labute approximate surface area is 103 Å². The molecule has 4 heteroatoms. The molecule has 0 spiro atoms. The number of H-pyrrole nitrogens is 1. The van der Waals surface area contributed by atoms with Gasteiger partial charge in [0.25, 0.3) is 0 Å². The van der Waals surface area contributed by atoms with E-state index in [0.29, 0.717) is 5.56 Å². The highest BCUT2D eigenvalue weighted by Crippen LogP contribution is 2.15. The highest BCUT2D eigenvalue weighted by molar-refractivity contribution is 5.91. The molecule has 1 aromatic heterocycles. The van der Waals surface area contributed by atoms with E-state index in [4.69, 9.17) is 4.74 Å². The summed E-state index contributed by atoms with van der Waals surface area (Å²) in [5, 5.41) is 0. The van der Waals surface area contributed by atoms with Crippen molar-refractivity contribution in [3.05, 3.63) is 60.2 Å². The quantitative estimate of drug-likeness (QED) is 0.698.